The van der Waals surface area contributed by atoms with Gasteiger partial charge < -0.3 is 0 Å². The summed E-state index contributed by atoms with van der Waals surface area (Å²) in [5.41, 5.74) is 3.28. The van der Waals surface area contributed by atoms with E-state index in [1.54, 1.807) is 24.3 Å². The third-order valence-electron chi connectivity index (χ3n) is 5.84. The van der Waals surface area contributed by atoms with Gasteiger partial charge in [-0.3, -0.25) is 4.72 Å². The van der Waals surface area contributed by atoms with Crippen LogP contribution in [0.4, 0.5) is 5.82 Å². The van der Waals surface area contributed by atoms with E-state index in [2.05, 4.69) is 43.2 Å². The number of para-hydroxylation sites is 4. The number of hydrogen-bond donors (Lipinski definition) is 1. The van der Waals surface area contributed by atoms with Crippen molar-refractivity contribution in [2.45, 2.75) is 37.6 Å². The molecule has 0 aliphatic heterocycles. The summed E-state index contributed by atoms with van der Waals surface area (Å²) in [6, 6.07) is 22.0. The van der Waals surface area contributed by atoms with Crippen LogP contribution in [0.5, 0.6) is 0 Å². The minimum atomic E-state index is -3.89. The van der Waals surface area contributed by atoms with Crippen LogP contribution in [0, 0.1) is 0 Å². The van der Waals surface area contributed by atoms with Crippen LogP contribution in [0.1, 0.15) is 26.2 Å². The molecule has 0 unspecified atom stereocenters. The van der Waals surface area contributed by atoms with Crippen LogP contribution in [-0.4, -0.2) is 23.0 Å². The lowest BCUT2D eigenvalue weighted by Crippen LogP contribution is -2.32. The number of anilines is 1. The summed E-state index contributed by atoms with van der Waals surface area (Å²) in [6.45, 7) is 3.05. The van der Waals surface area contributed by atoms with Crippen molar-refractivity contribution in [3.63, 3.8) is 0 Å². The van der Waals surface area contributed by atoms with Crippen LogP contribution in [0.15, 0.2) is 88.5 Å². The first kappa shape index (κ1) is 23.4. The largest absolute Gasteiger partial charge is 0.270 e. The summed E-state index contributed by atoms with van der Waals surface area (Å²) in [4.78, 5) is 9.68. The number of fused-ring (bicyclic) bond motifs is 2. The molecular formula is C26H25BrN5O2S+. The number of sulfonamides is 1. The van der Waals surface area contributed by atoms with Gasteiger partial charge in [-0.1, -0.05) is 53.5 Å². The predicted octanol–water partition coefficient (Wildman–Crippen LogP) is 5.61. The van der Waals surface area contributed by atoms with Gasteiger partial charge in [-0.15, -0.1) is 0 Å². The minimum Gasteiger partial charge on any atom is -0.258 e. The highest BCUT2D eigenvalue weighted by Crippen LogP contribution is 2.26. The Labute approximate surface area is 212 Å². The first-order chi connectivity index (χ1) is 17.0. The Morgan fingerprint density at radius 2 is 1.60 bits per heavy atom. The summed E-state index contributed by atoms with van der Waals surface area (Å²) in [7, 11) is -3.89. The third-order valence-corrected chi connectivity index (χ3v) is 7.73. The average molecular weight is 551 g/mol. The molecule has 0 saturated heterocycles. The zero-order chi connectivity index (χ0) is 24.4. The second kappa shape index (κ2) is 9.75. The first-order valence-corrected chi connectivity index (χ1v) is 13.8. The fourth-order valence-corrected chi connectivity index (χ4v) is 5.35. The van der Waals surface area contributed by atoms with Crippen molar-refractivity contribution >= 4 is 53.8 Å². The number of unbranched alkanes of at least 4 members (excludes halogenated alkanes) is 2. The first-order valence-electron chi connectivity index (χ1n) is 11.5. The van der Waals surface area contributed by atoms with Gasteiger partial charge in [-0.05, 0) is 61.4 Å². The van der Waals surface area contributed by atoms with E-state index in [1.807, 2.05) is 53.4 Å². The Kier molecular flexibility index (Phi) is 6.53. The lowest BCUT2D eigenvalue weighted by molar-refractivity contribution is -0.672. The van der Waals surface area contributed by atoms with Gasteiger partial charge in [0.05, 0.1) is 22.5 Å². The zero-order valence-corrected chi connectivity index (χ0v) is 21.6. The molecule has 0 aliphatic rings. The lowest BCUT2D eigenvalue weighted by Gasteiger charge is -2.11. The Bertz CT molecular complexity index is 1610. The molecule has 0 bridgehead atoms. The number of aromatic nitrogens is 4. The standard InChI is InChI=1S/C26H25BrN5O2S/c1-2-3-8-17-31-18-32(24-12-7-6-11-23(24)31)26-25(28-21-9-4-5-10-22(21)29-26)30-35(33,34)20-15-13-19(27)14-16-20/h4-7,9-16,18H,2-3,8,17H2,1H3,(H,28,30)/q+1. The molecule has 7 nitrogen and oxygen atoms in total. The molecule has 2 aromatic heterocycles. The molecule has 1 N–H and O–H groups in total. The SMILES string of the molecule is CCCCC[n+]1cn(-c2nc3ccccc3nc2NS(=O)(=O)c2ccc(Br)cc2)c2ccccc21. The maximum absolute atomic E-state index is 13.3. The third kappa shape index (κ3) is 4.78. The molecule has 178 valence electrons. The zero-order valence-electron chi connectivity index (χ0n) is 19.2. The second-order valence-electron chi connectivity index (χ2n) is 8.32. The predicted molar refractivity (Wildman–Crippen MR) is 141 cm³/mol. The van der Waals surface area contributed by atoms with Crippen molar-refractivity contribution in [1.29, 1.82) is 0 Å². The number of benzene rings is 3. The average Bonchev–Trinajstić information content (AvgIpc) is 3.22. The number of nitrogens with one attached hydrogen (secondary N) is 1. The van der Waals surface area contributed by atoms with Crippen molar-refractivity contribution in [2.24, 2.45) is 0 Å². The molecule has 0 saturated carbocycles. The van der Waals surface area contributed by atoms with Gasteiger partial charge in [-0.25, -0.2) is 23.0 Å². The van der Waals surface area contributed by atoms with Crippen LogP contribution < -0.4 is 9.29 Å². The summed E-state index contributed by atoms with van der Waals surface area (Å²) in [6.07, 6.45) is 5.32. The molecule has 9 heteroatoms. The van der Waals surface area contributed by atoms with Gasteiger partial charge in [0.15, 0.2) is 11.0 Å². The molecule has 35 heavy (non-hydrogen) atoms. The molecule has 0 amide bonds. The van der Waals surface area contributed by atoms with Crippen molar-refractivity contribution in [3.8, 4) is 5.82 Å². The van der Waals surface area contributed by atoms with Crippen LogP contribution in [-0.2, 0) is 16.6 Å². The topological polar surface area (TPSA) is 80.8 Å². The monoisotopic (exact) mass is 550 g/mol. The normalized spacial score (nSPS) is 11.8. The van der Waals surface area contributed by atoms with Gasteiger partial charge in [0.2, 0.25) is 5.82 Å². The fourth-order valence-electron chi connectivity index (χ4n) is 4.08. The molecule has 5 aromatic rings. The Hall–Kier alpha value is -3.30. The summed E-state index contributed by atoms with van der Waals surface area (Å²) in [5, 5.41) is 0. The fraction of sp³-hybridized carbons (Fsp3) is 0.192. The van der Waals surface area contributed by atoms with E-state index < -0.39 is 10.0 Å². The molecule has 0 aliphatic carbocycles. The van der Waals surface area contributed by atoms with Crippen molar-refractivity contribution in [1.82, 2.24) is 14.5 Å². The van der Waals surface area contributed by atoms with Gasteiger partial charge in [0.25, 0.3) is 22.2 Å². The summed E-state index contributed by atoms with van der Waals surface area (Å²) < 4.78 is 34.1. The van der Waals surface area contributed by atoms with E-state index in [0.717, 1.165) is 41.3 Å². The van der Waals surface area contributed by atoms with Crippen LogP contribution in [0.25, 0.3) is 27.9 Å². The van der Waals surface area contributed by atoms with Crippen LogP contribution in [0.2, 0.25) is 0 Å². The Morgan fingerprint density at radius 3 is 2.34 bits per heavy atom. The molecular weight excluding hydrogens is 526 g/mol. The summed E-state index contributed by atoms with van der Waals surface area (Å²) in [5.74, 6) is 0.600. The molecule has 3 aromatic carbocycles. The number of halogens is 1. The number of nitrogens with zero attached hydrogens (tertiary/aromatic N) is 4. The maximum Gasteiger partial charge on any atom is 0.270 e. The van der Waals surface area contributed by atoms with Crippen molar-refractivity contribution in [2.75, 3.05) is 4.72 Å². The smallest absolute Gasteiger partial charge is 0.258 e. The van der Waals surface area contributed by atoms with E-state index in [0.29, 0.717) is 16.9 Å². The quantitative estimate of drug-likeness (QED) is 0.201. The molecule has 5 rings (SSSR count). The number of aryl methyl sites for hydroxylation is 1. The highest BCUT2D eigenvalue weighted by Gasteiger charge is 2.25. The van der Waals surface area contributed by atoms with E-state index in [4.69, 9.17) is 4.98 Å². The highest BCUT2D eigenvalue weighted by atomic mass is 79.9. The van der Waals surface area contributed by atoms with E-state index in [1.165, 1.54) is 0 Å². The number of hydrogen-bond acceptors (Lipinski definition) is 4. The second-order valence-corrected chi connectivity index (χ2v) is 10.9. The lowest BCUT2D eigenvalue weighted by atomic mass is 10.2. The summed E-state index contributed by atoms with van der Waals surface area (Å²) >= 11 is 3.35. The van der Waals surface area contributed by atoms with Gasteiger partial charge in [0, 0.05) is 4.47 Å². The number of imidazole rings is 1. The van der Waals surface area contributed by atoms with E-state index >= 15 is 0 Å². The van der Waals surface area contributed by atoms with Crippen LogP contribution >= 0.6 is 15.9 Å². The van der Waals surface area contributed by atoms with Gasteiger partial charge in [0.1, 0.15) is 0 Å². The molecule has 0 fully saturated rings. The minimum absolute atomic E-state index is 0.147. The molecule has 2 heterocycles. The van der Waals surface area contributed by atoms with E-state index in [-0.39, 0.29) is 10.7 Å². The van der Waals surface area contributed by atoms with Crippen LogP contribution in [0.3, 0.4) is 0 Å². The maximum atomic E-state index is 13.3. The van der Waals surface area contributed by atoms with Gasteiger partial charge in [-0.2, -0.15) is 4.57 Å². The number of rotatable bonds is 8. The Morgan fingerprint density at radius 1 is 0.914 bits per heavy atom. The van der Waals surface area contributed by atoms with E-state index in [9.17, 15) is 8.42 Å². The van der Waals surface area contributed by atoms with Gasteiger partial charge >= 0.3 is 0 Å². The highest BCUT2D eigenvalue weighted by molar-refractivity contribution is 9.10. The van der Waals surface area contributed by atoms with Crippen molar-refractivity contribution in [3.05, 3.63) is 83.6 Å². The molecule has 0 atom stereocenters. The van der Waals surface area contributed by atoms with Crippen molar-refractivity contribution < 1.29 is 13.0 Å². The molecule has 0 radical (unpaired) electrons. The molecule has 0 spiro atoms. The Balaban J connectivity index is 1.67.